The number of allylic oxidation sites excluding steroid dienone is 2. The Bertz CT molecular complexity index is 231. The Morgan fingerprint density at radius 3 is 2.38 bits per heavy atom. The van der Waals surface area contributed by atoms with E-state index < -0.39 is 8.32 Å². The summed E-state index contributed by atoms with van der Waals surface area (Å²) in [6.07, 6.45) is 7.23. The highest BCUT2D eigenvalue weighted by Crippen LogP contribution is 2.15. The largest absolute Gasteiger partial charge is 0.547 e. The van der Waals surface area contributed by atoms with Gasteiger partial charge in [0.25, 0.3) is 6.47 Å². The van der Waals surface area contributed by atoms with Crippen molar-refractivity contribution in [3.63, 3.8) is 0 Å². The molecule has 1 atom stereocenters. The molecule has 0 aromatic heterocycles. The minimum Gasteiger partial charge on any atom is -0.547 e. The van der Waals surface area contributed by atoms with Crippen LogP contribution >= 0.6 is 0 Å². The minimum atomic E-state index is -1.55. The van der Waals surface area contributed by atoms with Crippen LogP contribution in [0.25, 0.3) is 0 Å². The minimum absolute atomic E-state index is 0.210. The highest BCUT2D eigenvalue weighted by molar-refractivity contribution is 6.70. The zero-order chi connectivity index (χ0) is 12.6. The van der Waals surface area contributed by atoms with E-state index in [1.54, 1.807) is 13.3 Å². The fraction of sp³-hybridized carbons (Fsp3) is 0.500. The molecule has 91 valence electrons. The van der Waals surface area contributed by atoms with Gasteiger partial charge in [0.05, 0.1) is 5.76 Å². The Morgan fingerprint density at radius 1 is 1.31 bits per heavy atom. The Morgan fingerprint density at radius 2 is 1.94 bits per heavy atom. The van der Waals surface area contributed by atoms with Crippen molar-refractivity contribution in [1.29, 1.82) is 0 Å². The van der Waals surface area contributed by atoms with Gasteiger partial charge in [0.2, 0.25) is 8.32 Å². The van der Waals surface area contributed by atoms with Gasteiger partial charge >= 0.3 is 0 Å². The average molecular weight is 241 g/mol. The highest BCUT2D eigenvalue weighted by atomic mass is 28.4. The van der Waals surface area contributed by atoms with Gasteiger partial charge in [-0.2, -0.15) is 0 Å². The number of carbonyl (C=O) groups is 1. The lowest BCUT2D eigenvalue weighted by molar-refractivity contribution is -0.131. The van der Waals surface area contributed by atoms with Crippen LogP contribution in [0.15, 0.2) is 11.8 Å². The Kier molecular flexibility index (Phi) is 7.13. The van der Waals surface area contributed by atoms with Crippen LogP contribution in [0.3, 0.4) is 0 Å². The van der Waals surface area contributed by atoms with E-state index in [9.17, 15) is 4.79 Å². The normalized spacial score (nSPS) is 14.4. The summed E-state index contributed by atoms with van der Waals surface area (Å²) in [6.45, 7) is 10.6. The first-order chi connectivity index (χ1) is 7.39. The van der Waals surface area contributed by atoms with Crippen molar-refractivity contribution in [2.45, 2.75) is 39.6 Å². The van der Waals surface area contributed by atoms with Gasteiger partial charge in [-0.3, -0.25) is 4.79 Å². The van der Waals surface area contributed by atoms with Crippen LogP contribution in [0.1, 0.15) is 13.8 Å². The molecule has 0 aliphatic rings. The molecule has 0 saturated carbocycles. The van der Waals surface area contributed by atoms with Crippen LogP contribution < -0.4 is 0 Å². The van der Waals surface area contributed by atoms with Gasteiger partial charge in [0.1, 0.15) is 6.10 Å². The Balaban J connectivity index is 3.85. The summed E-state index contributed by atoms with van der Waals surface area (Å²) in [6, 6.07) is 0. The van der Waals surface area contributed by atoms with Crippen LogP contribution in [0.2, 0.25) is 19.6 Å². The van der Waals surface area contributed by atoms with E-state index in [0.29, 0.717) is 6.47 Å². The summed E-state index contributed by atoms with van der Waals surface area (Å²) in [4.78, 5) is 10.1. The Labute approximate surface area is 100.0 Å². The molecule has 0 heterocycles. The number of carbonyl (C=O) groups excluding carboxylic acids is 1. The van der Waals surface area contributed by atoms with Gasteiger partial charge in [0.15, 0.2) is 0 Å². The molecular formula is C12H21O3Si. The molecule has 0 N–H and O–H groups in total. The van der Waals surface area contributed by atoms with Gasteiger partial charge in [-0.05, 0) is 39.9 Å². The van der Waals surface area contributed by atoms with Gasteiger partial charge in [-0.1, -0.05) is 6.08 Å². The smallest absolute Gasteiger partial charge is 0.293 e. The number of ether oxygens (including phenoxy) is 1. The second kappa shape index (κ2) is 7.49. The lowest BCUT2D eigenvalue weighted by Crippen LogP contribution is -2.25. The molecule has 0 unspecified atom stereocenters. The van der Waals surface area contributed by atoms with E-state index in [-0.39, 0.29) is 6.10 Å². The third kappa shape index (κ3) is 8.53. The van der Waals surface area contributed by atoms with E-state index >= 15 is 0 Å². The molecule has 0 rings (SSSR count). The maximum Gasteiger partial charge on any atom is 0.293 e. The second-order valence-corrected chi connectivity index (χ2v) is 8.82. The molecule has 3 radical (unpaired) electrons. The van der Waals surface area contributed by atoms with Gasteiger partial charge in [-0.15, -0.1) is 0 Å². The molecule has 0 aliphatic heterocycles. The van der Waals surface area contributed by atoms with E-state index in [1.165, 1.54) is 0 Å². The van der Waals surface area contributed by atoms with Gasteiger partial charge < -0.3 is 9.16 Å². The van der Waals surface area contributed by atoms with Crippen LogP contribution in [-0.2, 0) is 14.0 Å². The maximum atomic E-state index is 10.1. The molecule has 0 aromatic carbocycles. The van der Waals surface area contributed by atoms with Crippen LogP contribution in [0.4, 0.5) is 0 Å². The molecular weight excluding hydrogens is 220 g/mol. The van der Waals surface area contributed by atoms with Crippen molar-refractivity contribution in [2.24, 2.45) is 0 Å². The number of hydrogen-bond donors (Lipinski definition) is 0. The van der Waals surface area contributed by atoms with Crippen molar-refractivity contribution in [3.05, 3.63) is 31.1 Å². The molecule has 0 bridgehead atoms. The first-order valence-corrected chi connectivity index (χ1v) is 8.76. The van der Waals surface area contributed by atoms with Crippen molar-refractivity contribution in [3.8, 4) is 0 Å². The standard InChI is InChI=1S/C12H21O3Si/c1-6-12(15-16(3,4)5)9-7-8-11(2)14-10-13/h6-11H,1-5H3/b12-6+/t11-/m1/s1. The third-order valence-corrected chi connectivity index (χ3v) is 2.47. The zero-order valence-corrected chi connectivity index (χ0v) is 11.7. The maximum absolute atomic E-state index is 10.1. The quantitative estimate of drug-likeness (QED) is 0.372. The monoisotopic (exact) mass is 241 g/mol. The van der Waals surface area contributed by atoms with Gasteiger partial charge in [-0.25, -0.2) is 0 Å². The molecule has 4 heteroatoms. The van der Waals surface area contributed by atoms with Crippen molar-refractivity contribution in [1.82, 2.24) is 0 Å². The van der Waals surface area contributed by atoms with E-state index in [2.05, 4.69) is 19.6 Å². The van der Waals surface area contributed by atoms with E-state index in [0.717, 1.165) is 5.76 Å². The molecule has 3 nitrogen and oxygen atoms in total. The summed E-state index contributed by atoms with van der Waals surface area (Å²) < 4.78 is 10.5. The first kappa shape index (κ1) is 15.2. The molecule has 0 spiro atoms. The van der Waals surface area contributed by atoms with Gasteiger partial charge in [0, 0.05) is 12.8 Å². The Hall–Kier alpha value is -0.773. The first-order valence-electron chi connectivity index (χ1n) is 5.35. The molecule has 0 fully saturated rings. The molecule has 0 amide bonds. The summed E-state index contributed by atoms with van der Waals surface area (Å²) >= 11 is 0. The van der Waals surface area contributed by atoms with Crippen molar-refractivity contribution >= 4 is 14.8 Å². The SMILES string of the molecule is C/C=C(\[CH][CH][CH][C@@H](C)OC=O)O[Si](C)(C)C. The summed E-state index contributed by atoms with van der Waals surface area (Å²) in [5.74, 6) is 0.855. The van der Waals surface area contributed by atoms with Crippen molar-refractivity contribution < 1.29 is 14.0 Å². The molecule has 0 aromatic rings. The van der Waals surface area contributed by atoms with E-state index in [4.69, 9.17) is 9.16 Å². The molecule has 16 heavy (non-hydrogen) atoms. The van der Waals surface area contributed by atoms with Crippen LogP contribution in [-0.4, -0.2) is 20.9 Å². The summed E-state index contributed by atoms with van der Waals surface area (Å²) in [5, 5.41) is 0. The fourth-order valence-electron chi connectivity index (χ4n) is 0.983. The summed E-state index contributed by atoms with van der Waals surface area (Å²) in [5.41, 5.74) is 0. The average Bonchev–Trinajstić information content (AvgIpc) is 2.14. The number of hydrogen-bond acceptors (Lipinski definition) is 3. The van der Waals surface area contributed by atoms with Crippen LogP contribution in [0.5, 0.6) is 0 Å². The molecule has 0 aliphatic carbocycles. The summed E-state index contributed by atoms with van der Waals surface area (Å²) in [7, 11) is -1.55. The predicted octanol–water partition coefficient (Wildman–Crippen LogP) is 2.92. The molecule has 0 saturated heterocycles. The predicted molar refractivity (Wildman–Crippen MR) is 67.7 cm³/mol. The van der Waals surface area contributed by atoms with Crippen LogP contribution in [0, 0.1) is 19.3 Å². The lowest BCUT2D eigenvalue weighted by Gasteiger charge is -2.21. The van der Waals surface area contributed by atoms with E-state index in [1.807, 2.05) is 25.8 Å². The topological polar surface area (TPSA) is 35.5 Å². The number of rotatable bonds is 8. The third-order valence-electron chi connectivity index (χ3n) is 1.62. The highest BCUT2D eigenvalue weighted by Gasteiger charge is 2.17. The zero-order valence-electron chi connectivity index (χ0n) is 10.7. The lowest BCUT2D eigenvalue weighted by atomic mass is 10.1. The second-order valence-electron chi connectivity index (χ2n) is 4.39. The fourth-order valence-corrected chi connectivity index (χ4v) is 1.88. The van der Waals surface area contributed by atoms with Crippen molar-refractivity contribution in [2.75, 3.05) is 0 Å².